The number of nitro benzene ring substituents is 1. The fourth-order valence-corrected chi connectivity index (χ4v) is 13.7. The summed E-state index contributed by atoms with van der Waals surface area (Å²) in [4.78, 5) is 11.9. The molecule has 1 heterocycles. The van der Waals surface area contributed by atoms with Crippen LogP contribution in [0.2, 0.25) is 0 Å². The number of nitro groups is 1. The van der Waals surface area contributed by atoms with E-state index in [1.165, 1.54) is 51.4 Å². The maximum absolute atomic E-state index is 12.1. The minimum absolute atomic E-state index is 0.0755. The molecule has 0 bridgehead atoms. The average Bonchev–Trinajstić information content (AvgIpc) is 3.62. The fraction of sp³-hybridized carbons (Fsp3) is 0.833. The number of ether oxygens (including phenoxy) is 1. The van der Waals surface area contributed by atoms with Gasteiger partial charge in [0.05, 0.1) is 16.6 Å². The van der Waals surface area contributed by atoms with Gasteiger partial charge in [-0.2, -0.15) is 0 Å². The Balaban J connectivity index is 1.26. The third kappa shape index (κ3) is 3.03. The zero-order valence-electron chi connectivity index (χ0n) is 26.4. The lowest BCUT2D eigenvalue weighted by atomic mass is 9.31. The zero-order valence-corrected chi connectivity index (χ0v) is 26.4. The molecule has 1 saturated heterocycles. The zero-order chi connectivity index (χ0) is 28.7. The number of rotatable bonds is 2. The molecule has 0 radical (unpaired) electrons. The van der Waals surface area contributed by atoms with Gasteiger partial charge >= 0.3 is 0 Å². The number of epoxide rings is 1. The molecule has 5 aliphatic carbocycles. The van der Waals surface area contributed by atoms with E-state index in [9.17, 15) is 10.1 Å². The normalized spacial score (nSPS) is 54.1. The Kier molecular flexibility index (Phi) is 5.58. The summed E-state index contributed by atoms with van der Waals surface area (Å²) in [6.45, 7) is 20.6. The Hall–Kier alpha value is -1.42. The summed E-state index contributed by atoms with van der Waals surface area (Å²) in [6.07, 6.45) is 12.0. The fourth-order valence-electron chi connectivity index (χ4n) is 13.7. The second-order valence-electron chi connectivity index (χ2n) is 17.3. The van der Waals surface area contributed by atoms with Gasteiger partial charge in [0, 0.05) is 11.5 Å². The number of fused-ring (bicyclic) bond motifs is 8. The monoisotopic (exact) mass is 547 g/mol. The molecule has 6 aliphatic rings. The van der Waals surface area contributed by atoms with E-state index in [2.05, 4.69) is 55.4 Å². The highest BCUT2D eigenvalue weighted by atomic mass is 16.6. The molecule has 0 N–H and O–H groups in total. The molecule has 7 rings (SSSR count). The lowest BCUT2D eigenvalue weighted by Crippen LogP contribution is -2.67. The lowest BCUT2D eigenvalue weighted by Gasteiger charge is -2.73. The maximum Gasteiger partial charge on any atom is 0.275 e. The molecule has 1 aliphatic heterocycles. The van der Waals surface area contributed by atoms with Crippen molar-refractivity contribution in [2.24, 2.45) is 62.6 Å². The van der Waals surface area contributed by atoms with E-state index in [4.69, 9.17) is 4.74 Å². The molecule has 6 fully saturated rings. The number of para-hydroxylation sites is 1. The molecule has 4 nitrogen and oxygen atoms in total. The Morgan fingerprint density at radius 3 is 2.30 bits per heavy atom. The summed E-state index contributed by atoms with van der Waals surface area (Å²) in [7, 11) is 0. The molecule has 12 atom stereocenters. The molecule has 4 heteroatoms. The minimum atomic E-state index is -0.532. The van der Waals surface area contributed by atoms with Crippen LogP contribution in [-0.2, 0) is 10.3 Å². The predicted octanol–water partition coefficient (Wildman–Crippen LogP) is 9.56. The number of benzene rings is 1. The van der Waals surface area contributed by atoms with E-state index >= 15 is 0 Å². The van der Waals surface area contributed by atoms with Crippen LogP contribution in [0.1, 0.15) is 119 Å². The van der Waals surface area contributed by atoms with Crippen molar-refractivity contribution >= 4 is 5.69 Å². The van der Waals surface area contributed by atoms with E-state index in [-0.39, 0.29) is 27.5 Å². The summed E-state index contributed by atoms with van der Waals surface area (Å²) < 4.78 is 6.76. The van der Waals surface area contributed by atoms with E-state index in [1.807, 2.05) is 12.1 Å². The molecule has 1 aromatic rings. The summed E-state index contributed by atoms with van der Waals surface area (Å²) in [5, 5.41) is 12.1. The highest BCUT2D eigenvalue weighted by Crippen LogP contribution is 2.81. The van der Waals surface area contributed by atoms with Crippen molar-refractivity contribution < 1.29 is 9.66 Å². The van der Waals surface area contributed by atoms with Crippen molar-refractivity contribution in [3.05, 3.63) is 39.9 Å². The Bertz CT molecular complexity index is 1240. The largest absolute Gasteiger partial charge is 0.360 e. The van der Waals surface area contributed by atoms with Gasteiger partial charge in [0.2, 0.25) is 0 Å². The van der Waals surface area contributed by atoms with Gasteiger partial charge < -0.3 is 4.74 Å². The van der Waals surface area contributed by atoms with Gasteiger partial charge in [-0.1, -0.05) is 67.5 Å². The first kappa shape index (κ1) is 27.4. The van der Waals surface area contributed by atoms with E-state index in [0.29, 0.717) is 28.1 Å². The summed E-state index contributed by atoms with van der Waals surface area (Å²) in [6, 6.07) is 7.41. The van der Waals surface area contributed by atoms with Crippen LogP contribution in [0.4, 0.5) is 5.69 Å². The van der Waals surface area contributed by atoms with Crippen LogP contribution in [-0.4, -0.2) is 11.0 Å². The van der Waals surface area contributed by atoms with Gasteiger partial charge in [0.1, 0.15) is 5.60 Å². The van der Waals surface area contributed by atoms with Gasteiger partial charge in [-0.05, 0) is 121 Å². The average molecular weight is 548 g/mol. The van der Waals surface area contributed by atoms with Gasteiger partial charge in [-0.3, -0.25) is 10.1 Å². The van der Waals surface area contributed by atoms with Crippen molar-refractivity contribution in [3.63, 3.8) is 0 Å². The summed E-state index contributed by atoms with van der Waals surface area (Å²) in [5.74, 6) is 4.56. The van der Waals surface area contributed by atoms with Gasteiger partial charge in [-0.25, -0.2) is 0 Å². The van der Waals surface area contributed by atoms with Crippen LogP contribution < -0.4 is 0 Å². The van der Waals surface area contributed by atoms with Crippen LogP contribution >= 0.6 is 0 Å². The van der Waals surface area contributed by atoms with Gasteiger partial charge in [-0.15, -0.1) is 0 Å². The van der Waals surface area contributed by atoms with Crippen LogP contribution in [0.3, 0.4) is 0 Å². The lowest BCUT2D eigenvalue weighted by molar-refractivity contribution is -0.386. The highest BCUT2D eigenvalue weighted by Gasteiger charge is 2.79. The molecule has 40 heavy (non-hydrogen) atoms. The molecule has 0 aromatic heterocycles. The first-order chi connectivity index (χ1) is 18.7. The SMILES string of the molecule is C[C@@H]1[C@H]2[C@H]3CC[C@@H]4[C@@]5(C)C[C@@H]6O[C@@]6(c6ccccc6[N+](=O)[O-])C(C)(C)[C@@H]5CC[C@@]4(C)[C@]3(C)CC[C@@]2(C)CC[C@H]1C. The third-order valence-electron chi connectivity index (χ3n) is 16.0. The van der Waals surface area contributed by atoms with Crippen LogP contribution in [0, 0.1) is 72.7 Å². The van der Waals surface area contributed by atoms with Crippen LogP contribution in [0.5, 0.6) is 0 Å². The quantitative estimate of drug-likeness (QED) is 0.210. The first-order valence-electron chi connectivity index (χ1n) is 16.6. The molecule has 1 aromatic carbocycles. The molecule has 0 amide bonds. The predicted molar refractivity (Wildman–Crippen MR) is 160 cm³/mol. The highest BCUT2D eigenvalue weighted by molar-refractivity contribution is 5.50. The molecular weight excluding hydrogens is 494 g/mol. The topological polar surface area (TPSA) is 55.7 Å². The Morgan fingerprint density at radius 2 is 1.57 bits per heavy atom. The van der Waals surface area contributed by atoms with E-state index < -0.39 is 5.60 Å². The van der Waals surface area contributed by atoms with Gasteiger partial charge in [0.15, 0.2) is 0 Å². The van der Waals surface area contributed by atoms with Crippen molar-refractivity contribution in [3.8, 4) is 0 Å². The summed E-state index contributed by atoms with van der Waals surface area (Å²) in [5.41, 5.74) is 1.81. The standard InChI is InChI=1S/C36H53NO3/c1-22-15-17-32(5)19-20-34(7)25(30(32)23(22)2)13-14-28-33(6)21-29-36(40-29,24-11-9-10-12-26(24)37(38)39)31(3,4)27(33)16-18-35(28,34)8/h9-12,22-23,25,27-30H,13-21H2,1-8H3/t22-,23+,25-,27+,28-,29+,30+,32-,33+,34-,35-,36-/m1/s1. The first-order valence-corrected chi connectivity index (χ1v) is 16.6. The molecule has 0 unspecified atom stereocenters. The molecular formula is C36H53NO3. The molecule has 220 valence electrons. The Labute approximate surface area is 242 Å². The van der Waals surface area contributed by atoms with Crippen LogP contribution in [0.15, 0.2) is 24.3 Å². The second-order valence-corrected chi connectivity index (χ2v) is 17.3. The van der Waals surface area contributed by atoms with Crippen molar-refractivity contribution in [1.29, 1.82) is 0 Å². The molecule has 5 saturated carbocycles. The minimum Gasteiger partial charge on any atom is -0.360 e. The van der Waals surface area contributed by atoms with E-state index in [0.717, 1.165) is 35.7 Å². The van der Waals surface area contributed by atoms with Gasteiger partial charge in [0.25, 0.3) is 5.69 Å². The maximum atomic E-state index is 12.1. The number of nitrogens with zero attached hydrogens (tertiary/aromatic N) is 1. The smallest absolute Gasteiger partial charge is 0.275 e. The van der Waals surface area contributed by atoms with Crippen molar-refractivity contribution in [1.82, 2.24) is 0 Å². The van der Waals surface area contributed by atoms with Crippen molar-refractivity contribution in [2.45, 2.75) is 125 Å². The second kappa shape index (κ2) is 8.14. The molecule has 0 spiro atoms. The third-order valence-corrected chi connectivity index (χ3v) is 16.0. The van der Waals surface area contributed by atoms with Crippen molar-refractivity contribution in [2.75, 3.05) is 0 Å². The summed E-state index contributed by atoms with van der Waals surface area (Å²) >= 11 is 0. The van der Waals surface area contributed by atoms with Crippen LogP contribution in [0.25, 0.3) is 0 Å². The van der Waals surface area contributed by atoms with E-state index in [1.54, 1.807) is 12.1 Å². The number of hydrogen-bond acceptors (Lipinski definition) is 3. The Morgan fingerprint density at radius 1 is 0.850 bits per heavy atom. The number of hydrogen-bond donors (Lipinski definition) is 0.